The summed E-state index contributed by atoms with van der Waals surface area (Å²) in [5.74, 6) is 0.217. The molecule has 0 saturated carbocycles. The van der Waals surface area contributed by atoms with Gasteiger partial charge in [0.1, 0.15) is 0 Å². The lowest BCUT2D eigenvalue weighted by molar-refractivity contribution is -0.119. The lowest BCUT2D eigenvalue weighted by atomic mass is 9.79. The quantitative estimate of drug-likeness (QED) is 0.486. The summed E-state index contributed by atoms with van der Waals surface area (Å²) in [4.78, 5) is 13.9. The molecule has 9 heteroatoms. The number of nitrogen functional groups attached to an aromatic ring is 1. The van der Waals surface area contributed by atoms with E-state index in [2.05, 4.69) is 0 Å². The van der Waals surface area contributed by atoms with E-state index in [9.17, 15) is 4.79 Å². The molecule has 0 bridgehead atoms. The molecule has 2 aromatic carbocycles. The maximum atomic E-state index is 12.0. The molecule has 0 radical (unpaired) electrons. The zero-order valence-corrected chi connectivity index (χ0v) is 24.2. The first-order valence-electron chi connectivity index (χ1n) is 13.6. The lowest BCUT2D eigenvalue weighted by Crippen LogP contribution is -2.41. The van der Waals surface area contributed by atoms with Crippen LogP contribution >= 0.6 is 0 Å². The first-order chi connectivity index (χ1) is 17.6. The zero-order valence-electron chi connectivity index (χ0n) is 24.2. The highest BCUT2D eigenvalue weighted by Gasteiger charge is 2.52. The summed E-state index contributed by atoms with van der Waals surface area (Å²) in [5.41, 5.74) is 8.11. The van der Waals surface area contributed by atoms with Crippen molar-refractivity contribution in [1.82, 2.24) is 0 Å². The van der Waals surface area contributed by atoms with E-state index in [-0.39, 0.29) is 42.5 Å². The number of hydrogen-bond donors (Lipinski definition) is 1. The number of anilines is 2. The molecule has 3 saturated heterocycles. The normalized spacial score (nSPS) is 23.3. The standard InChI is InChI=1S/C17H24BNO3.C12H18BNO2/c1-16(2)17(3,4)22-18(21-16)13-8-10-14(11-9-13)19-12-6-5-7-15(19)20;1-11(2)12(3,4)16-13(15-11)9-5-7-10(14)8-6-9/h8-11H,5-7,12H2,1-4H3;5-8H,14H2,1-4H3. The fourth-order valence-electron chi connectivity index (χ4n) is 4.50. The Morgan fingerprint density at radius 1 is 0.658 bits per heavy atom. The Hall–Kier alpha value is -2.32. The Bertz CT molecular complexity index is 1100. The minimum absolute atomic E-state index is 0.217. The summed E-state index contributed by atoms with van der Waals surface area (Å²) in [5, 5.41) is 0. The first-order valence-corrected chi connectivity index (χ1v) is 13.6. The molecule has 3 heterocycles. The molecule has 3 fully saturated rings. The van der Waals surface area contributed by atoms with Crippen molar-refractivity contribution in [3.63, 3.8) is 0 Å². The molecule has 0 aliphatic carbocycles. The van der Waals surface area contributed by atoms with Crippen LogP contribution < -0.4 is 21.6 Å². The Morgan fingerprint density at radius 2 is 1.05 bits per heavy atom. The van der Waals surface area contributed by atoms with Crippen molar-refractivity contribution in [2.75, 3.05) is 17.2 Å². The molecule has 0 atom stereocenters. The van der Waals surface area contributed by atoms with Gasteiger partial charge < -0.3 is 29.3 Å². The van der Waals surface area contributed by atoms with E-state index < -0.39 is 0 Å². The van der Waals surface area contributed by atoms with Gasteiger partial charge in [-0.1, -0.05) is 24.3 Å². The maximum Gasteiger partial charge on any atom is 0.494 e. The van der Waals surface area contributed by atoms with Crippen molar-refractivity contribution in [3.8, 4) is 0 Å². The molecule has 0 unspecified atom stereocenters. The second-order valence-electron chi connectivity index (χ2n) is 12.4. The molecule has 0 spiro atoms. The molecule has 0 aromatic heterocycles. The maximum absolute atomic E-state index is 12.0. The van der Waals surface area contributed by atoms with Crippen molar-refractivity contribution >= 4 is 42.4 Å². The SMILES string of the molecule is CC1(C)OB(c2ccc(N)cc2)OC1(C)C.CC1(C)OB(c2ccc(N3CCCCC3=O)cc2)OC1(C)C. The molecule has 1 amide bonds. The Balaban J connectivity index is 0.000000186. The number of hydrogen-bond acceptors (Lipinski definition) is 6. The molecule has 204 valence electrons. The third-order valence-corrected chi connectivity index (χ3v) is 8.52. The van der Waals surface area contributed by atoms with Gasteiger partial charge in [0.2, 0.25) is 5.91 Å². The van der Waals surface area contributed by atoms with Crippen molar-refractivity contribution < 1.29 is 23.4 Å². The Morgan fingerprint density at radius 3 is 1.45 bits per heavy atom. The molecule has 3 aliphatic rings. The molecule has 7 nitrogen and oxygen atoms in total. The molecule has 2 N–H and O–H groups in total. The average molecular weight is 520 g/mol. The Labute approximate surface area is 228 Å². The van der Waals surface area contributed by atoms with Crippen LogP contribution in [-0.2, 0) is 23.4 Å². The van der Waals surface area contributed by atoms with Crippen LogP contribution in [0.2, 0.25) is 0 Å². The fraction of sp³-hybridized carbons (Fsp3) is 0.552. The van der Waals surface area contributed by atoms with E-state index in [0.29, 0.717) is 6.42 Å². The highest BCUT2D eigenvalue weighted by molar-refractivity contribution is 6.62. The first kappa shape index (κ1) is 28.7. The second kappa shape index (κ2) is 10.3. The third kappa shape index (κ3) is 5.81. The fourth-order valence-corrected chi connectivity index (χ4v) is 4.50. The van der Waals surface area contributed by atoms with Crippen molar-refractivity contribution in [2.45, 2.75) is 97.1 Å². The number of rotatable bonds is 3. The van der Waals surface area contributed by atoms with Gasteiger partial charge in [-0.3, -0.25) is 4.79 Å². The van der Waals surface area contributed by atoms with E-state index in [1.165, 1.54) is 0 Å². The summed E-state index contributed by atoms with van der Waals surface area (Å²) in [6.45, 7) is 17.2. The van der Waals surface area contributed by atoms with Crippen LogP contribution in [0.3, 0.4) is 0 Å². The van der Waals surface area contributed by atoms with Crippen LogP contribution in [0.25, 0.3) is 0 Å². The number of carbonyl (C=O) groups is 1. The monoisotopic (exact) mass is 520 g/mol. The molecule has 2 aromatic rings. The van der Waals surface area contributed by atoms with E-state index in [1.54, 1.807) is 0 Å². The van der Waals surface area contributed by atoms with Gasteiger partial charge in [0, 0.05) is 24.3 Å². The average Bonchev–Trinajstić information content (AvgIpc) is 3.20. The third-order valence-electron chi connectivity index (χ3n) is 8.52. The van der Waals surface area contributed by atoms with Crippen LogP contribution in [0.5, 0.6) is 0 Å². The predicted molar refractivity (Wildman–Crippen MR) is 155 cm³/mol. The van der Waals surface area contributed by atoms with E-state index in [1.807, 2.05) is 109 Å². The largest absolute Gasteiger partial charge is 0.494 e. The van der Waals surface area contributed by atoms with E-state index in [4.69, 9.17) is 24.4 Å². The van der Waals surface area contributed by atoms with Gasteiger partial charge in [0.25, 0.3) is 0 Å². The summed E-state index contributed by atoms with van der Waals surface area (Å²) in [6, 6.07) is 15.6. The molecule has 5 rings (SSSR count). The van der Waals surface area contributed by atoms with E-state index >= 15 is 0 Å². The number of nitrogens with zero attached hydrogens (tertiary/aromatic N) is 1. The van der Waals surface area contributed by atoms with Crippen LogP contribution in [0.4, 0.5) is 11.4 Å². The molecular weight excluding hydrogens is 478 g/mol. The smallest absolute Gasteiger partial charge is 0.399 e. The van der Waals surface area contributed by atoms with Gasteiger partial charge in [-0.05, 0) is 103 Å². The molecular formula is C29H42B2N2O5. The van der Waals surface area contributed by atoms with Crippen molar-refractivity contribution in [1.29, 1.82) is 0 Å². The van der Waals surface area contributed by atoms with Gasteiger partial charge >= 0.3 is 14.2 Å². The summed E-state index contributed by atoms with van der Waals surface area (Å²) < 4.78 is 24.0. The summed E-state index contributed by atoms with van der Waals surface area (Å²) >= 11 is 0. The van der Waals surface area contributed by atoms with Gasteiger partial charge in [-0.25, -0.2) is 0 Å². The Kier molecular flexibility index (Phi) is 7.80. The summed E-state index contributed by atoms with van der Waals surface area (Å²) in [7, 11) is -0.651. The highest BCUT2D eigenvalue weighted by Crippen LogP contribution is 2.37. The van der Waals surface area contributed by atoms with Crippen LogP contribution in [0.15, 0.2) is 48.5 Å². The minimum atomic E-state index is -0.351. The van der Waals surface area contributed by atoms with Gasteiger partial charge in [0.05, 0.1) is 22.4 Å². The van der Waals surface area contributed by atoms with Gasteiger partial charge in [-0.2, -0.15) is 0 Å². The van der Waals surface area contributed by atoms with E-state index in [0.717, 1.165) is 41.7 Å². The second-order valence-corrected chi connectivity index (χ2v) is 12.4. The summed E-state index contributed by atoms with van der Waals surface area (Å²) in [6.07, 6.45) is 2.73. The van der Waals surface area contributed by atoms with Crippen LogP contribution in [0, 0.1) is 0 Å². The number of nitrogens with two attached hydrogens (primary N) is 1. The van der Waals surface area contributed by atoms with Crippen molar-refractivity contribution in [3.05, 3.63) is 48.5 Å². The number of piperidine rings is 1. The number of benzene rings is 2. The van der Waals surface area contributed by atoms with Crippen LogP contribution in [0.1, 0.15) is 74.7 Å². The lowest BCUT2D eigenvalue weighted by Gasteiger charge is -2.32. The topological polar surface area (TPSA) is 83.3 Å². The molecule has 3 aliphatic heterocycles. The highest BCUT2D eigenvalue weighted by atomic mass is 16.7. The number of amides is 1. The van der Waals surface area contributed by atoms with Gasteiger partial charge in [0.15, 0.2) is 0 Å². The predicted octanol–water partition coefficient (Wildman–Crippen LogP) is 4.07. The number of carbonyl (C=O) groups excluding carboxylic acids is 1. The zero-order chi connectivity index (χ0) is 27.9. The van der Waals surface area contributed by atoms with Gasteiger partial charge in [-0.15, -0.1) is 0 Å². The minimum Gasteiger partial charge on any atom is -0.399 e. The molecule has 38 heavy (non-hydrogen) atoms. The van der Waals surface area contributed by atoms with Crippen LogP contribution in [-0.4, -0.2) is 49.1 Å². The van der Waals surface area contributed by atoms with Crippen molar-refractivity contribution in [2.24, 2.45) is 0 Å².